The van der Waals surface area contributed by atoms with Gasteiger partial charge < -0.3 is 25.0 Å². The first-order valence-corrected chi connectivity index (χ1v) is 12.0. The molecule has 1 unspecified atom stereocenters. The van der Waals surface area contributed by atoms with Crippen LogP contribution in [0.5, 0.6) is 0 Å². The highest BCUT2D eigenvalue weighted by Gasteiger charge is 2.35. The van der Waals surface area contributed by atoms with Crippen molar-refractivity contribution in [2.24, 2.45) is 11.8 Å². The number of nitrogens with one attached hydrogen (secondary N) is 2. The van der Waals surface area contributed by atoms with E-state index in [1.165, 1.54) is 0 Å². The summed E-state index contributed by atoms with van der Waals surface area (Å²) in [5, 5.41) is 5.83. The lowest BCUT2D eigenvalue weighted by Crippen LogP contribution is -2.57. The fourth-order valence-electron chi connectivity index (χ4n) is 4.44. The molecule has 182 valence electrons. The van der Waals surface area contributed by atoms with Gasteiger partial charge in [-0.3, -0.25) is 14.4 Å². The van der Waals surface area contributed by atoms with Gasteiger partial charge in [0.25, 0.3) is 5.91 Å². The average molecular weight is 460 g/mol. The quantitative estimate of drug-likeness (QED) is 0.588. The van der Waals surface area contributed by atoms with Gasteiger partial charge in [-0.15, -0.1) is 0 Å². The van der Waals surface area contributed by atoms with Crippen LogP contribution in [0.1, 0.15) is 50.4 Å². The lowest BCUT2D eigenvalue weighted by molar-refractivity contribution is -0.138. The number of hydrogen-bond donors (Lipinski definition) is 2. The van der Waals surface area contributed by atoms with Crippen molar-refractivity contribution < 1.29 is 23.9 Å². The van der Waals surface area contributed by atoms with Crippen LogP contribution in [0.3, 0.4) is 0 Å². The van der Waals surface area contributed by atoms with Gasteiger partial charge in [0.2, 0.25) is 5.91 Å². The summed E-state index contributed by atoms with van der Waals surface area (Å²) in [7, 11) is 0. The first kappa shape index (κ1) is 25.2. The zero-order valence-electron chi connectivity index (χ0n) is 20.0. The van der Waals surface area contributed by atoms with Crippen LogP contribution in [0.15, 0.2) is 24.3 Å². The molecule has 0 saturated carbocycles. The molecule has 1 aromatic rings. The van der Waals surface area contributed by atoms with Crippen LogP contribution in [0.4, 0.5) is 5.69 Å². The van der Waals surface area contributed by atoms with Crippen molar-refractivity contribution >= 4 is 23.3 Å². The number of benzene rings is 1. The summed E-state index contributed by atoms with van der Waals surface area (Å²) < 4.78 is 10.8. The van der Waals surface area contributed by atoms with E-state index in [2.05, 4.69) is 15.5 Å². The highest BCUT2D eigenvalue weighted by molar-refractivity contribution is 5.99. The third kappa shape index (κ3) is 7.01. The van der Waals surface area contributed by atoms with Crippen molar-refractivity contribution in [2.45, 2.75) is 52.1 Å². The molecule has 2 N–H and O–H groups in total. The zero-order chi connectivity index (χ0) is 23.8. The standard InChI is InChI=1S/C25H37N3O5/c1-4-6-19-15-33-16-22(29)23(19)27-25(31)21(13-17(2)3)26-24(30)18-7-5-8-20(14-18)28-9-11-32-12-10-28/h5,7-8,14,17,19,21,23H,4,6,9-13,15-16H2,1-3H3,(H,26,30)(H,27,31)/t19?,21-,23-/m0/s1. The number of carbonyl (C=O) groups is 3. The summed E-state index contributed by atoms with van der Waals surface area (Å²) in [4.78, 5) is 40.9. The molecule has 2 saturated heterocycles. The zero-order valence-corrected chi connectivity index (χ0v) is 20.0. The van der Waals surface area contributed by atoms with E-state index in [4.69, 9.17) is 9.47 Å². The van der Waals surface area contributed by atoms with Crippen molar-refractivity contribution in [1.29, 1.82) is 0 Å². The predicted octanol–water partition coefficient (Wildman–Crippen LogP) is 2.17. The summed E-state index contributed by atoms with van der Waals surface area (Å²) in [6.45, 7) is 9.42. The molecule has 2 amide bonds. The number of ketones is 1. The molecule has 3 atom stereocenters. The Balaban J connectivity index is 1.70. The Morgan fingerprint density at radius 1 is 1.18 bits per heavy atom. The fourth-order valence-corrected chi connectivity index (χ4v) is 4.44. The molecule has 2 aliphatic rings. The second-order valence-corrected chi connectivity index (χ2v) is 9.32. The minimum Gasteiger partial charge on any atom is -0.378 e. The number of anilines is 1. The van der Waals surface area contributed by atoms with Gasteiger partial charge in [-0.05, 0) is 37.0 Å². The molecule has 0 spiro atoms. The molecule has 3 rings (SSSR count). The van der Waals surface area contributed by atoms with Crippen LogP contribution in [0.25, 0.3) is 0 Å². The molecular weight excluding hydrogens is 422 g/mol. The second kappa shape index (κ2) is 12.1. The third-order valence-corrected chi connectivity index (χ3v) is 6.17. The Bertz CT molecular complexity index is 820. The monoisotopic (exact) mass is 459 g/mol. The van der Waals surface area contributed by atoms with E-state index in [-0.39, 0.29) is 36.0 Å². The molecule has 0 aromatic heterocycles. The van der Waals surface area contributed by atoms with E-state index < -0.39 is 12.1 Å². The van der Waals surface area contributed by atoms with Crippen molar-refractivity contribution in [3.8, 4) is 0 Å². The fraction of sp³-hybridized carbons (Fsp3) is 0.640. The summed E-state index contributed by atoms with van der Waals surface area (Å²) >= 11 is 0. The van der Waals surface area contributed by atoms with Crippen LogP contribution in [-0.4, -0.2) is 69.2 Å². The highest BCUT2D eigenvalue weighted by Crippen LogP contribution is 2.20. The number of carbonyl (C=O) groups excluding carboxylic acids is 3. The maximum Gasteiger partial charge on any atom is 0.252 e. The van der Waals surface area contributed by atoms with Crippen LogP contribution in [-0.2, 0) is 19.1 Å². The average Bonchev–Trinajstić information content (AvgIpc) is 2.81. The SMILES string of the molecule is CCCC1COCC(=O)[C@H]1NC(=O)[C@H](CC(C)C)NC(=O)c1cccc(N2CCOCC2)c1. The minimum absolute atomic E-state index is 0.0146. The first-order valence-electron chi connectivity index (χ1n) is 12.0. The van der Waals surface area contributed by atoms with Gasteiger partial charge >= 0.3 is 0 Å². The highest BCUT2D eigenvalue weighted by atomic mass is 16.5. The summed E-state index contributed by atoms with van der Waals surface area (Å²) in [6, 6.07) is 6.15. The minimum atomic E-state index is -0.720. The molecule has 8 heteroatoms. The normalized spacial score (nSPS) is 22.2. The second-order valence-electron chi connectivity index (χ2n) is 9.32. The van der Waals surface area contributed by atoms with Crippen LogP contribution >= 0.6 is 0 Å². The molecule has 2 heterocycles. The Labute approximate surface area is 196 Å². The molecule has 0 aliphatic carbocycles. The van der Waals surface area contributed by atoms with Gasteiger partial charge in [-0.2, -0.15) is 0 Å². The van der Waals surface area contributed by atoms with Gasteiger partial charge in [0, 0.05) is 30.3 Å². The number of rotatable bonds is 9. The summed E-state index contributed by atoms with van der Waals surface area (Å²) in [5.41, 5.74) is 1.47. The Morgan fingerprint density at radius 3 is 2.64 bits per heavy atom. The third-order valence-electron chi connectivity index (χ3n) is 6.17. The van der Waals surface area contributed by atoms with Crippen LogP contribution < -0.4 is 15.5 Å². The smallest absolute Gasteiger partial charge is 0.252 e. The number of nitrogens with zero attached hydrogens (tertiary/aromatic N) is 1. The largest absolute Gasteiger partial charge is 0.378 e. The molecule has 8 nitrogen and oxygen atoms in total. The molecule has 0 radical (unpaired) electrons. The van der Waals surface area contributed by atoms with Gasteiger partial charge in [-0.25, -0.2) is 0 Å². The van der Waals surface area contributed by atoms with Gasteiger partial charge in [0.15, 0.2) is 5.78 Å². The van der Waals surface area contributed by atoms with Crippen LogP contribution in [0, 0.1) is 11.8 Å². The van der Waals surface area contributed by atoms with E-state index in [0.717, 1.165) is 31.6 Å². The van der Waals surface area contributed by atoms with E-state index in [1.807, 2.05) is 39.0 Å². The Hall–Kier alpha value is -2.45. The number of morpholine rings is 1. The Kier molecular flexibility index (Phi) is 9.26. The number of amides is 2. The van der Waals surface area contributed by atoms with Crippen molar-refractivity contribution in [2.75, 3.05) is 44.4 Å². The van der Waals surface area contributed by atoms with Crippen molar-refractivity contribution in [3.05, 3.63) is 29.8 Å². The topological polar surface area (TPSA) is 97.0 Å². The number of ether oxygens (including phenoxy) is 2. The Morgan fingerprint density at radius 2 is 1.94 bits per heavy atom. The summed E-state index contributed by atoms with van der Waals surface area (Å²) in [5.74, 6) is -0.573. The molecule has 0 bridgehead atoms. The van der Waals surface area contributed by atoms with E-state index in [1.54, 1.807) is 6.07 Å². The first-order chi connectivity index (χ1) is 15.9. The molecule has 1 aromatic carbocycles. The number of Topliss-reactive ketones (excluding diaryl/α,β-unsaturated/α-hetero) is 1. The maximum atomic E-state index is 13.2. The van der Waals surface area contributed by atoms with Crippen LogP contribution in [0.2, 0.25) is 0 Å². The summed E-state index contributed by atoms with van der Waals surface area (Å²) in [6.07, 6.45) is 2.18. The predicted molar refractivity (Wildman–Crippen MR) is 126 cm³/mol. The molecular formula is C25H37N3O5. The lowest BCUT2D eigenvalue weighted by Gasteiger charge is -2.32. The molecule has 2 aliphatic heterocycles. The van der Waals surface area contributed by atoms with Crippen molar-refractivity contribution in [3.63, 3.8) is 0 Å². The van der Waals surface area contributed by atoms with E-state index in [0.29, 0.717) is 31.8 Å². The van der Waals surface area contributed by atoms with E-state index >= 15 is 0 Å². The maximum absolute atomic E-state index is 13.2. The molecule has 33 heavy (non-hydrogen) atoms. The van der Waals surface area contributed by atoms with E-state index in [9.17, 15) is 14.4 Å². The lowest BCUT2D eigenvalue weighted by atomic mass is 9.90. The van der Waals surface area contributed by atoms with Gasteiger partial charge in [0.05, 0.1) is 25.9 Å². The van der Waals surface area contributed by atoms with Crippen molar-refractivity contribution in [1.82, 2.24) is 10.6 Å². The van der Waals surface area contributed by atoms with Gasteiger partial charge in [-0.1, -0.05) is 33.3 Å². The molecule has 2 fully saturated rings. The number of hydrogen-bond acceptors (Lipinski definition) is 6. The van der Waals surface area contributed by atoms with Gasteiger partial charge in [0.1, 0.15) is 12.6 Å².